The Hall–Kier alpha value is -1.57. The molecule has 1 rings (SSSR count). The van der Waals surface area contributed by atoms with Crippen LogP contribution in [0.2, 0.25) is 5.02 Å². The van der Waals surface area contributed by atoms with Gasteiger partial charge >= 0.3 is 0 Å². The number of amides is 1. The van der Waals surface area contributed by atoms with Crippen molar-refractivity contribution < 1.29 is 9.53 Å². The molecule has 0 aliphatic rings. The number of carbonyl (C=O) groups excluding carboxylic acids is 1. The molecule has 0 bridgehead atoms. The first-order valence-electron chi connectivity index (χ1n) is 5.24. The topological polar surface area (TPSA) is 62.1 Å². The second-order valence-corrected chi connectivity index (χ2v) is 3.81. The van der Waals surface area contributed by atoms with Crippen molar-refractivity contribution >= 4 is 23.2 Å². The van der Waals surface area contributed by atoms with Gasteiger partial charge in [0.2, 0.25) is 5.91 Å². The van der Waals surface area contributed by atoms with Gasteiger partial charge in [-0.05, 0) is 24.6 Å². The number of ether oxygens (including phenoxy) is 1. The van der Waals surface area contributed by atoms with Gasteiger partial charge < -0.3 is 10.1 Å². The molecule has 0 saturated heterocycles. The van der Waals surface area contributed by atoms with E-state index in [1.54, 1.807) is 12.1 Å². The predicted octanol–water partition coefficient (Wildman–Crippen LogP) is 2.58. The summed E-state index contributed by atoms with van der Waals surface area (Å²) in [6.45, 7) is 2.53. The summed E-state index contributed by atoms with van der Waals surface area (Å²) in [5.74, 6) is -0.246. The van der Waals surface area contributed by atoms with Crippen LogP contribution in [-0.4, -0.2) is 19.1 Å². The standard InChI is InChI=1S/C12H13ClN2O2/c1-2-5-17-8-12(16)15-10-3-4-11(13)9(6-10)7-14/h3-4,6H,2,5,8H2,1H3,(H,15,16). The summed E-state index contributed by atoms with van der Waals surface area (Å²) in [6, 6.07) is 6.69. The number of nitriles is 1. The first kappa shape index (κ1) is 13.5. The van der Waals surface area contributed by atoms with Crippen LogP contribution >= 0.6 is 11.6 Å². The van der Waals surface area contributed by atoms with Gasteiger partial charge in [0.05, 0.1) is 10.6 Å². The molecule has 4 nitrogen and oxygen atoms in total. The molecule has 5 heteroatoms. The molecule has 1 amide bonds. The van der Waals surface area contributed by atoms with Crippen LogP contribution in [0.25, 0.3) is 0 Å². The van der Waals surface area contributed by atoms with Gasteiger partial charge in [0.15, 0.2) is 0 Å². The van der Waals surface area contributed by atoms with Gasteiger partial charge in [0, 0.05) is 12.3 Å². The molecule has 1 aromatic rings. The SMILES string of the molecule is CCCOCC(=O)Nc1ccc(Cl)c(C#N)c1. The maximum Gasteiger partial charge on any atom is 0.250 e. The number of hydrogen-bond donors (Lipinski definition) is 1. The zero-order valence-corrected chi connectivity index (χ0v) is 10.3. The summed E-state index contributed by atoms with van der Waals surface area (Å²) in [5.41, 5.74) is 0.870. The summed E-state index contributed by atoms with van der Waals surface area (Å²) in [4.78, 5) is 11.4. The molecule has 17 heavy (non-hydrogen) atoms. The molecule has 0 aliphatic heterocycles. The first-order valence-corrected chi connectivity index (χ1v) is 5.62. The van der Waals surface area contributed by atoms with Gasteiger partial charge in [-0.3, -0.25) is 4.79 Å². The Balaban J connectivity index is 2.57. The molecule has 0 fully saturated rings. The minimum atomic E-state index is -0.246. The Bertz CT molecular complexity index is 441. The lowest BCUT2D eigenvalue weighted by molar-refractivity contribution is -0.120. The van der Waals surface area contributed by atoms with Gasteiger partial charge in [0.1, 0.15) is 12.7 Å². The van der Waals surface area contributed by atoms with Crippen LogP contribution in [0.5, 0.6) is 0 Å². The van der Waals surface area contributed by atoms with E-state index < -0.39 is 0 Å². The lowest BCUT2D eigenvalue weighted by atomic mass is 10.2. The van der Waals surface area contributed by atoms with Crippen molar-refractivity contribution in [3.63, 3.8) is 0 Å². The van der Waals surface area contributed by atoms with Gasteiger partial charge in [0.25, 0.3) is 0 Å². The Morgan fingerprint density at radius 2 is 2.35 bits per heavy atom. The number of carbonyl (C=O) groups is 1. The number of benzene rings is 1. The van der Waals surface area contributed by atoms with Crippen molar-refractivity contribution in [2.24, 2.45) is 0 Å². The van der Waals surface area contributed by atoms with E-state index in [-0.39, 0.29) is 12.5 Å². The highest BCUT2D eigenvalue weighted by Crippen LogP contribution is 2.19. The van der Waals surface area contributed by atoms with Crippen LogP contribution in [0.15, 0.2) is 18.2 Å². The largest absolute Gasteiger partial charge is 0.372 e. The molecule has 0 aromatic heterocycles. The Labute approximate surface area is 105 Å². The quantitative estimate of drug-likeness (QED) is 0.820. The van der Waals surface area contributed by atoms with Crippen LogP contribution < -0.4 is 5.32 Å². The van der Waals surface area contributed by atoms with Crippen LogP contribution in [0.4, 0.5) is 5.69 Å². The van der Waals surface area contributed by atoms with Crippen molar-refractivity contribution in [1.82, 2.24) is 0 Å². The van der Waals surface area contributed by atoms with Gasteiger partial charge in [-0.1, -0.05) is 18.5 Å². The Morgan fingerprint density at radius 1 is 1.59 bits per heavy atom. The second-order valence-electron chi connectivity index (χ2n) is 3.41. The molecule has 0 unspecified atom stereocenters. The monoisotopic (exact) mass is 252 g/mol. The number of hydrogen-bond acceptors (Lipinski definition) is 3. The molecule has 0 radical (unpaired) electrons. The van der Waals surface area contributed by atoms with Crippen molar-refractivity contribution in [3.8, 4) is 6.07 Å². The fourth-order valence-electron chi connectivity index (χ4n) is 1.19. The minimum absolute atomic E-state index is 0.0123. The van der Waals surface area contributed by atoms with E-state index in [0.717, 1.165) is 6.42 Å². The first-order chi connectivity index (χ1) is 8.17. The smallest absolute Gasteiger partial charge is 0.250 e. The highest BCUT2D eigenvalue weighted by Gasteiger charge is 2.05. The predicted molar refractivity (Wildman–Crippen MR) is 65.9 cm³/mol. The van der Waals surface area contributed by atoms with Crippen molar-refractivity contribution in [2.75, 3.05) is 18.5 Å². The highest BCUT2D eigenvalue weighted by molar-refractivity contribution is 6.31. The van der Waals surface area contributed by atoms with E-state index in [4.69, 9.17) is 21.6 Å². The summed E-state index contributed by atoms with van der Waals surface area (Å²) in [6.07, 6.45) is 0.868. The normalized spacial score (nSPS) is 9.71. The summed E-state index contributed by atoms with van der Waals surface area (Å²) >= 11 is 5.78. The molecule has 90 valence electrons. The Morgan fingerprint density at radius 3 is 3.00 bits per heavy atom. The fraction of sp³-hybridized carbons (Fsp3) is 0.333. The maximum absolute atomic E-state index is 11.4. The summed E-state index contributed by atoms with van der Waals surface area (Å²) in [5, 5.41) is 11.8. The summed E-state index contributed by atoms with van der Waals surface area (Å²) in [7, 11) is 0. The Kier molecular flexibility index (Phi) is 5.47. The molecular weight excluding hydrogens is 240 g/mol. The lowest BCUT2D eigenvalue weighted by Crippen LogP contribution is -2.18. The van der Waals surface area contributed by atoms with Crippen LogP contribution in [0, 0.1) is 11.3 Å². The third kappa shape index (κ3) is 4.43. The number of anilines is 1. The van der Waals surface area contributed by atoms with Crippen LogP contribution in [0.1, 0.15) is 18.9 Å². The number of rotatable bonds is 5. The van der Waals surface area contributed by atoms with Crippen molar-refractivity contribution in [3.05, 3.63) is 28.8 Å². The summed E-state index contributed by atoms with van der Waals surface area (Å²) < 4.78 is 5.09. The van der Waals surface area contributed by atoms with E-state index in [0.29, 0.717) is 22.9 Å². The van der Waals surface area contributed by atoms with E-state index in [2.05, 4.69) is 5.32 Å². The zero-order chi connectivity index (χ0) is 12.7. The number of nitrogens with one attached hydrogen (secondary N) is 1. The highest BCUT2D eigenvalue weighted by atomic mass is 35.5. The zero-order valence-electron chi connectivity index (χ0n) is 9.50. The van der Waals surface area contributed by atoms with E-state index in [1.165, 1.54) is 6.07 Å². The van der Waals surface area contributed by atoms with Crippen LogP contribution in [0.3, 0.4) is 0 Å². The van der Waals surface area contributed by atoms with Gasteiger partial charge in [-0.15, -0.1) is 0 Å². The average molecular weight is 253 g/mol. The van der Waals surface area contributed by atoms with Crippen molar-refractivity contribution in [1.29, 1.82) is 5.26 Å². The maximum atomic E-state index is 11.4. The molecule has 0 atom stereocenters. The van der Waals surface area contributed by atoms with Crippen molar-refractivity contribution in [2.45, 2.75) is 13.3 Å². The third-order valence-electron chi connectivity index (χ3n) is 1.95. The molecule has 0 heterocycles. The molecule has 1 N–H and O–H groups in total. The van der Waals surface area contributed by atoms with Gasteiger partial charge in [-0.2, -0.15) is 5.26 Å². The van der Waals surface area contributed by atoms with E-state index >= 15 is 0 Å². The second kappa shape index (κ2) is 6.89. The third-order valence-corrected chi connectivity index (χ3v) is 2.28. The fourth-order valence-corrected chi connectivity index (χ4v) is 1.35. The molecule has 0 saturated carbocycles. The molecule has 0 spiro atoms. The lowest BCUT2D eigenvalue weighted by Gasteiger charge is -2.06. The minimum Gasteiger partial charge on any atom is -0.372 e. The van der Waals surface area contributed by atoms with E-state index in [9.17, 15) is 4.79 Å². The molecule has 0 aliphatic carbocycles. The molecular formula is C12H13ClN2O2. The average Bonchev–Trinajstić information content (AvgIpc) is 2.32. The van der Waals surface area contributed by atoms with Gasteiger partial charge in [-0.25, -0.2) is 0 Å². The number of halogens is 1. The number of nitrogens with zero attached hydrogens (tertiary/aromatic N) is 1. The van der Waals surface area contributed by atoms with E-state index in [1.807, 2.05) is 13.0 Å². The van der Waals surface area contributed by atoms with Crippen LogP contribution in [-0.2, 0) is 9.53 Å². The molecule has 1 aromatic carbocycles.